The number of halogens is 2. The molecule has 1 amide bonds. The minimum atomic E-state index is -0.825. The molecule has 1 N–H and O–H groups in total. The molecule has 3 rings (SSSR count). The smallest absolute Gasteiger partial charge is 0.308 e. The number of hydrogen-bond acceptors (Lipinski definition) is 3. The van der Waals surface area contributed by atoms with Crippen molar-refractivity contribution in [1.29, 1.82) is 0 Å². The summed E-state index contributed by atoms with van der Waals surface area (Å²) in [7, 11) is 0. The van der Waals surface area contributed by atoms with E-state index in [4.69, 9.17) is 27.9 Å². The summed E-state index contributed by atoms with van der Waals surface area (Å²) in [5, 5.41) is 10.0. The van der Waals surface area contributed by atoms with Gasteiger partial charge in [0.15, 0.2) is 6.10 Å². The summed E-state index contributed by atoms with van der Waals surface area (Å²) >= 11 is 12.0. The van der Waals surface area contributed by atoms with Crippen molar-refractivity contribution in [3.63, 3.8) is 0 Å². The first-order valence-corrected chi connectivity index (χ1v) is 8.76. The van der Waals surface area contributed by atoms with Crippen LogP contribution in [0.2, 0.25) is 10.0 Å². The third-order valence-electron chi connectivity index (χ3n) is 4.79. The van der Waals surface area contributed by atoms with E-state index in [0.717, 1.165) is 12.8 Å². The summed E-state index contributed by atoms with van der Waals surface area (Å²) in [4.78, 5) is 25.7. The number of nitrogens with zero attached hydrogens (tertiary/aromatic N) is 1. The second-order valence-corrected chi connectivity index (χ2v) is 7.29. The number of ether oxygens (including phenoxy) is 1. The molecule has 2 aliphatic rings. The number of rotatable bonds is 5. The van der Waals surface area contributed by atoms with Gasteiger partial charge >= 0.3 is 5.97 Å². The Balaban J connectivity index is 1.67. The first-order valence-electron chi connectivity index (χ1n) is 8.00. The second-order valence-electron chi connectivity index (χ2n) is 6.50. The summed E-state index contributed by atoms with van der Waals surface area (Å²) in [5.41, 5.74) is 0. The lowest BCUT2D eigenvalue weighted by Crippen LogP contribution is -2.39. The molecule has 1 heterocycles. The third kappa shape index (κ3) is 3.47. The summed E-state index contributed by atoms with van der Waals surface area (Å²) in [6.45, 7) is 2.36. The summed E-state index contributed by atoms with van der Waals surface area (Å²) in [6, 6.07) is 4.98. The fourth-order valence-electron chi connectivity index (χ4n) is 3.35. The molecule has 24 heavy (non-hydrogen) atoms. The fraction of sp³-hybridized carbons (Fsp3) is 0.529. The zero-order valence-corrected chi connectivity index (χ0v) is 14.8. The maximum Gasteiger partial charge on any atom is 0.308 e. The third-order valence-corrected chi connectivity index (χ3v) is 5.59. The molecule has 0 bridgehead atoms. The molecule has 1 saturated heterocycles. The van der Waals surface area contributed by atoms with Crippen molar-refractivity contribution in [3.8, 4) is 5.75 Å². The molecule has 1 aliphatic carbocycles. The summed E-state index contributed by atoms with van der Waals surface area (Å²) in [5.74, 6) is -0.703. The van der Waals surface area contributed by atoms with Crippen LogP contribution in [0.4, 0.5) is 0 Å². The zero-order valence-electron chi connectivity index (χ0n) is 13.2. The molecule has 2 fully saturated rings. The van der Waals surface area contributed by atoms with Gasteiger partial charge in [-0.2, -0.15) is 0 Å². The average molecular weight is 372 g/mol. The fourth-order valence-corrected chi connectivity index (χ4v) is 3.68. The number of carbonyl (C=O) groups excluding carboxylic acids is 1. The number of likely N-dealkylation sites (tertiary alicyclic amines) is 1. The number of aliphatic carboxylic acids is 1. The number of hydrogen-bond donors (Lipinski definition) is 1. The van der Waals surface area contributed by atoms with Gasteiger partial charge < -0.3 is 14.7 Å². The molecule has 0 aromatic heterocycles. The SMILES string of the molecule is CC(Oc1cccc(Cl)c1Cl)C(=O)N1C[C@H](C(=O)O)[C@@H](C2CC2)C1. The lowest BCUT2D eigenvalue weighted by molar-refractivity contribution is -0.143. The van der Waals surface area contributed by atoms with E-state index < -0.39 is 18.0 Å². The van der Waals surface area contributed by atoms with Crippen molar-refractivity contribution in [1.82, 2.24) is 4.90 Å². The van der Waals surface area contributed by atoms with Crippen molar-refractivity contribution in [2.24, 2.45) is 17.8 Å². The minimum absolute atomic E-state index is 0.0495. The van der Waals surface area contributed by atoms with Crippen LogP contribution < -0.4 is 4.74 Å². The number of carbonyl (C=O) groups is 2. The quantitative estimate of drug-likeness (QED) is 0.861. The first-order chi connectivity index (χ1) is 11.4. The molecule has 0 spiro atoms. The van der Waals surface area contributed by atoms with Crippen LogP contribution in [0, 0.1) is 17.8 Å². The number of carboxylic acids is 1. The topological polar surface area (TPSA) is 66.8 Å². The molecule has 1 aliphatic heterocycles. The van der Waals surface area contributed by atoms with Gasteiger partial charge in [0.25, 0.3) is 5.91 Å². The molecule has 1 aromatic carbocycles. The normalized spacial score (nSPS) is 24.7. The highest BCUT2D eigenvalue weighted by atomic mass is 35.5. The molecule has 0 radical (unpaired) electrons. The molecule has 1 saturated carbocycles. The van der Waals surface area contributed by atoms with Crippen LogP contribution in [0.3, 0.4) is 0 Å². The highest BCUT2D eigenvalue weighted by Gasteiger charge is 2.47. The highest BCUT2D eigenvalue weighted by molar-refractivity contribution is 6.42. The Bertz CT molecular complexity index is 662. The van der Waals surface area contributed by atoms with Crippen molar-refractivity contribution in [3.05, 3.63) is 28.2 Å². The first kappa shape index (κ1) is 17.4. The molecule has 3 atom stereocenters. The lowest BCUT2D eigenvalue weighted by Gasteiger charge is -2.22. The highest BCUT2D eigenvalue weighted by Crippen LogP contribution is 2.44. The van der Waals surface area contributed by atoms with Crippen LogP contribution in [-0.4, -0.2) is 41.1 Å². The average Bonchev–Trinajstić information content (AvgIpc) is 3.29. The van der Waals surface area contributed by atoms with Gasteiger partial charge in [0.2, 0.25) is 0 Å². The van der Waals surface area contributed by atoms with E-state index in [1.165, 1.54) is 0 Å². The van der Waals surface area contributed by atoms with Crippen LogP contribution >= 0.6 is 23.2 Å². The molecule has 5 nitrogen and oxygen atoms in total. The maximum atomic E-state index is 12.6. The number of carboxylic acid groups (broad SMARTS) is 1. The minimum Gasteiger partial charge on any atom is -0.481 e. The van der Waals surface area contributed by atoms with Crippen LogP contribution in [0.5, 0.6) is 5.75 Å². The van der Waals surface area contributed by atoms with Gasteiger partial charge in [-0.3, -0.25) is 9.59 Å². The van der Waals surface area contributed by atoms with E-state index in [0.29, 0.717) is 23.2 Å². The number of amides is 1. The van der Waals surface area contributed by atoms with Gasteiger partial charge in [-0.25, -0.2) is 0 Å². The summed E-state index contributed by atoms with van der Waals surface area (Å²) < 4.78 is 5.65. The molecule has 1 unspecified atom stereocenters. The molecular weight excluding hydrogens is 353 g/mol. The standard InChI is InChI=1S/C17H19Cl2NO4/c1-9(24-14-4-2-3-13(18)15(14)19)16(21)20-7-11(10-5-6-10)12(8-20)17(22)23/h2-4,9-12H,5-8H2,1H3,(H,22,23)/t9?,11-,12+/m1/s1. The van der Waals surface area contributed by atoms with Gasteiger partial charge in [-0.05, 0) is 43.7 Å². The van der Waals surface area contributed by atoms with Crippen LogP contribution in [-0.2, 0) is 9.59 Å². The van der Waals surface area contributed by atoms with E-state index >= 15 is 0 Å². The predicted octanol–water partition coefficient (Wildman–Crippen LogP) is 3.33. The molecule has 1 aromatic rings. The lowest BCUT2D eigenvalue weighted by atomic mass is 9.92. The van der Waals surface area contributed by atoms with Crippen LogP contribution in [0.25, 0.3) is 0 Å². The van der Waals surface area contributed by atoms with Gasteiger partial charge in [0.1, 0.15) is 10.8 Å². The number of benzene rings is 1. The summed E-state index contributed by atoms with van der Waals surface area (Å²) in [6.07, 6.45) is 1.36. The Morgan fingerprint density at radius 1 is 1.29 bits per heavy atom. The Morgan fingerprint density at radius 3 is 2.62 bits per heavy atom. The van der Waals surface area contributed by atoms with Crippen molar-refractivity contribution >= 4 is 35.1 Å². The van der Waals surface area contributed by atoms with E-state index in [1.807, 2.05) is 0 Å². The predicted molar refractivity (Wildman–Crippen MR) is 90.5 cm³/mol. The monoisotopic (exact) mass is 371 g/mol. The van der Waals surface area contributed by atoms with Crippen molar-refractivity contribution in [2.45, 2.75) is 25.9 Å². The Hall–Kier alpha value is -1.46. The second kappa shape index (κ2) is 6.81. The van der Waals surface area contributed by atoms with E-state index in [-0.39, 0.29) is 23.4 Å². The van der Waals surface area contributed by atoms with E-state index in [9.17, 15) is 14.7 Å². The zero-order chi connectivity index (χ0) is 17.4. The van der Waals surface area contributed by atoms with Crippen LogP contribution in [0.1, 0.15) is 19.8 Å². The van der Waals surface area contributed by atoms with Crippen molar-refractivity contribution in [2.75, 3.05) is 13.1 Å². The Morgan fingerprint density at radius 2 is 2.00 bits per heavy atom. The van der Waals surface area contributed by atoms with E-state index in [2.05, 4.69) is 0 Å². The molecule has 7 heteroatoms. The van der Waals surface area contributed by atoms with Crippen molar-refractivity contribution < 1.29 is 19.4 Å². The maximum absolute atomic E-state index is 12.6. The largest absolute Gasteiger partial charge is 0.481 e. The Kier molecular flexibility index (Phi) is 4.92. The van der Waals surface area contributed by atoms with Gasteiger partial charge in [-0.1, -0.05) is 29.3 Å². The van der Waals surface area contributed by atoms with Crippen LogP contribution in [0.15, 0.2) is 18.2 Å². The van der Waals surface area contributed by atoms with E-state index in [1.54, 1.807) is 30.0 Å². The molecule has 130 valence electrons. The van der Waals surface area contributed by atoms with Gasteiger partial charge in [-0.15, -0.1) is 0 Å². The van der Waals surface area contributed by atoms with Gasteiger partial charge in [0, 0.05) is 13.1 Å². The molecular formula is C17H19Cl2NO4. The Labute approximate surface area is 150 Å². The van der Waals surface area contributed by atoms with Gasteiger partial charge in [0.05, 0.1) is 10.9 Å².